The lowest BCUT2D eigenvalue weighted by molar-refractivity contribution is -0.125. The van der Waals surface area contributed by atoms with E-state index in [-0.39, 0.29) is 17.4 Å². The van der Waals surface area contributed by atoms with Crippen molar-refractivity contribution in [3.05, 3.63) is 83.6 Å². The Morgan fingerprint density at radius 2 is 1.31 bits per heavy atom. The highest BCUT2D eigenvalue weighted by molar-refractivity contribution is 6.04. The van der Waals surface area contributed by atoms with E-state index < -0.39 is 0 Å². The van der Waals surface area contributed by atoms with Crippen molar-refractivity contribution in [1.82, 2.24) is 10.6 Å². The van der Waals surface area contributed by atoms with Crippen LogP contribution in [0.4, 0.5) is 0 Å². The van der Waals surface area contributed by atoms with Gasteiger partial charge in [-0.2, -0.15) is 0 Å². The summed E-state index contributed by atoms with van der Waals surface area (Å²) in [5.74, 6) is 1.73. The summed E-state index contributed by atoms with van der Waals surface area (Å²) < 4.78 is 0. The average molecular weight is 427 g/mol. The molecule has 0 radical (unpaired) electrons. The van der Waals surface area contributed by atoms with Gasteiger partial charge in [-0.15, -0.1) is 0 Å². The molecule has 4 aliphatic rings. The van der Waals surface area contributed by atoms with E-state index in [1.807, 2.05) is 60.7 Å². The van der Waals surface area contributed by atoms with Crippen molar-refractivity contribution < 1.29 is 9.59 Å². The molecule has 0 aromatic heterocycles. The molecule has 0 unspecified atom stereocenters. The van der Waals surface area contributed by atoms with Crippen LogP contribution in [0, 0.1) is 17.8 Å². The van der Waals surface area contributed by atoms with Crippen molar-refractivity contribution in [2.45, 2.75) is 44.1 Å². The van der Waals surface area contributed by atoms with Gasteiger partial charge >= 0.3 is 0 Å². The monoisotopic (exact) mass is 426 g/mol. The van der Waals surface area contributed by atoms with Crippen LogP contribution >= 0.6 is 0 Å². The van der Waals surface area contributed by atoms with Gasteiger partial charge in [0.2, 0.25) is 5.91 Å². The minimum atomic E-state index is -0.309. The molecule has 4 fully saturated rings. The molecule has 4 heteroatoms. The summed E-state index contributed by atoms with van der Waals surface area (Å²) >= 11 is 0. The van der Waals surface area contributed by atoms with Crippen LogP contribution < -0.4 is 10.6 Å². The molecule has 0 heterocycles. The Morgan fingerprint density at radius 1 is 0.781 bits per heavy atom. The van der Waals surface area contributed by atoms with Gasteiger partial charge in [0.1, 0.15) is 5.70 Å². The Balaban J connectivity index is 1.34. The molecule has 2 aromatic carbocycles. The highest BCUT2D eigenvalue weighted by atomic mass is 16.2. The van der Waals surface area contributed by atoms with Gasteiger partial charge in [0, 0.05) is 11.6 Å². The maximum Gasteiger partial charge on any atom is 0.268 e. The topological polar surface area (TPSA) is 58.2 Å². The van der Waals surface area contributed by atoms with Crippen molar-refractivity contribution in [3.8, 4) is 0 Å². The van der Waals surface area contributed by atoms with Gasteiger partial charge in [-0.05, 0) is 79.6 Å². The third-order valence-corrected chi connectivity index (χ3v) is 7.26. The van der Waals surface area contributed by atoms with Crippen molar-refractivity contribution in [2.24, 2.45) is 17.8 Å². The Hall–Kier alpha value is -3.14. The lowest BCUT2D eigenvalue weighted by Gasteiger charge is -2.56. The molecule has 4 bridgehead atoms. The molecule has 4 saturated carbocycles. The maximum atomic E-state index is 13.4. The molecule has 6 rings (SSSR count). The number of carbonyl (C=O) groups is 2. The Kier molecular flexibility index (Phi) is 5.69. The summed E-state index contributed by atoms with van der Waals surface area (Å²) in [7, 11) is 0. The van der Waals surface area contributed by atoms with E-state index in [0.717, 1.165) is 48.1 Å². The summed E-state index contributed by atoms with van der Waals surface area (Å²) in [6.07, 6.45) is 12.2. The fourth-order valence-corrected chi connectivity index (χ4v) is 6.36. The molecular weight excluding hydrogens is 396 g/mol. The highest BCUT2D eigenvalue weighted by Crippen LogP contribution is 2.55. The fourth-order valence-electron chi connectivity index (χ4n) is 6.36. The smallest absolute Gasteiger partial charge is 0.268 e. The highest BCUT2D eigenvalue weighted by Gasteiger charge is 2.51. The number of rotatable bonds is 6. The van der Waals surface area contributed by atoms with Crippen LogP contribution in [0.5, 0.6) is 0 Å². The van der Waals surface area contributed by atoms with Gasteiger partial charge in [-0.1, -0.05) is 60.7 Å². The second-order valence-corrected chi connectivity index (χ2v) is 9.85. The van der Waals surface area contributed by atoms with Crippen molar-refractivity contribution in [2.75, 3.05) is 0 Å². The molecule has 4 aliphatic carbocycles. The summed E-state index contributed by atoms with van der Waals surface area (Å²) in [5.41, 5.74) is 2.02. The maximum absolute atomic E-state index is 13.4. The molecule has 32 heavy (non-hydrogen) atoms. The average Bonchev–Trinajstić information content (AvgIpc) is 2.77. The van der Waals surface area contributed by atoms with Gasteiger partial charge in [0.05, 0.1) is 0 Å². The third kappa shape index (κ3) is 4.69. The summed E-state index contributed by atoms with van der Waals surface area (Å²) in [6, 6.07) is 19.3. The molecule has 0 atom stereocenters. The molecule has 2 amide bonds. The van der Waals surface area contributed by atoms with Gasteiger partial charge < -0.3 is 10.6 Å². The second kappa shape index (κ2) is 8.78. The number of benzene rings is 2. The van der Waals surface area contributed by atoms with Crippen molar-refractivity contribution in [1.29, 1.82) is 0 Å². The first-order chi connectivity index (χ1) is 15.6. The van der Waals surface area contributed by atoms with Gasteiger partial charge in [0.25, 0.3) is 5.91 Å². The number of hydrogen-bond acceptors (Lipinski definition) is 2. The lowest BCUT2D eigenvalue weighted by Crippen LogP contribution is -2.60. The van der Waals surface area contributed by atoms with Crippen molar-refractivity contribution in [3.63, 3.8) is 0 Å². The van der Waals surface area contributed by atoms with Crippen LogP contribution in [0.1, 0.15) is 49.7 Å². The zero-order chi connectivity index (χ0) is 22.0. The normalized spacial score (nSPS) is 28.6. The minimum absolute atomic E-state index is 0.105. The first-order valence-electron chi connectivity index (χ1n) is 11.7. The standard InChI is InChI=1S/C28H30N2O2/c31-26(12-11-20-7-3-1-4-8-20)29-25(16-21-9-5-2-6-10-21)27(32)30-28-17-22-13-23(18-28)15-24(14-22)19-28/h1-12,16,22-24H,13-15,17-19H2,(H,29,31)(H,30,32). The minimum Gasteiger partial charge on any atom is -0.345 e. The molecule has 2 aromatic rings. The molecule has 0 saturated heterocycles. The summed E-state index contributed by atoms with van der Waals surface area (Å²) in [5, 5.41) is 6.22. The number of amides is 2. The van der Waals surface area contributed by atoms with E-state index >= 15 is 0 Å². The van der Waals surface area contributed by atoms with E-state index in [0.29, 0.717) is 5.70 Å². The molecule has 0 aliphatic heterocycles. The van der Waals surface area contributed by atoms with Gasteiger partial charge in [-0.25, -0.2) is 0 Å². The predicted octanol–water partition coefficient (Wildman–Crippen LogP) is 4.94. The lowest BCUT2D eigenvalue weighted by atomic mass is 9.53. The summed E-state index contributed by atoms with van der Waals surface area (Å²) in [4.78, 5) is 26.1. The first-order valence-corrected chi connectivity index (χ1v) is 11.7. The van der Waals surface area contributed by atoms with Crippen LogP contribution in [0.25, 0.3) is 12.2 Å². The van der Waals surface area contributed by atoms with E-state index in [1.165, 1.54) is 25.3 Å². The Labute approximate surface area is 189 Å². The molecule has 0 spiro atoms. The second-order valence-electron chi connectivity index (χ2n) is 9.85. The molecule has 2 N–H and O–H groups in total. The van der Waals surface area contributed by atoms with Crippen LogP contribution in [0.2, 0.25) is 0 Å². The zero-order valence-electron chi connectivity index (χ0n) is 18.3. The van der Waals surface area contributed by atoms with E-state index in [9.17, 15) is 9.59 Å². The molecular formula is C28H30N2O2. The SMILES string of the molecule is O=C(C=Cc1ccccc1)NC(=Cc1ccccc1)C(=O)NC12CC3CC(CC(C3)C1)C2. The first kappa shape index (κ1) is 20.7. The largest absolute Gasteiger partial charge is 0.345 e. The van der Waals surface area contributed by atoms with Gasteiger partial charge in [0.15, 0.2) is 0 Å². The van der Waals surface area contributed by atoms with Crippen LogP contribution in [0.3, 0.4) is 0 Å². The predicted molar refractivity (Wildman–Crippen MR) is 127 cm³/mol. The van der Waals surface area contributed by atoms with Crippen LogP contribution in [-0.2, 0) is 9.59 Å². The third-order valence-electron chi connectivity index (χ3n) is 7.26. The number of hydrogen-bond donors (Lipinski definition) is 2. The van der Waals surface area contributed by atoms with E-state index in [4.69, 9.17) is 0 Å². The summed E-state index contributed by atoms with van der Waals surface area (Å²) in [6.45, 7) is 0. The zero-order valence-corrected chi connectivity index (χ0v) is 18.3. The number of nitrogens with one attached hydrogen (secondary N) is 2. The van der Waals surface area contributed by atoms with Crippen LogP contribution in [-0.4, -0.2) is 17.4 Å². The Morgan fingerprint density at radius 3 is 1.88 bits per heavy atom. The van der Waals surface area contributed by atoms with E-state index in [1.54, 1.807) is 12.2 Å². The van der Waals surface area contributed by atoms with Crippen LogP contribution in [0.15, 0.2) is 72.4 Å². The molecule has 4 nitrogen and oxygen atoms in total. The Bertz CT molecular complexity index is 1000. The fraction of sp³-hybridized carbons (Fsp3) is 0.357. The van der Waals surface area contributed by atoms with E-state index in [2.05, 4.69) is 10.6 Å². The number of carbonyl (C=O) groups excluding carboxylic acids is 2. The van der Waals surface area contributed by atoms with Crippen molar-refractivity contribution >= 4 is 24.0 Å². The molecule has 164 valence electrons. The van der Waals surface area contributed by atoms with Gasteiger partial charge in [-0.3, -0.25) is 9.59 Å². The quantitative estimate of drug-likeness (QED) is 0.643.